The number of anilines is 1. The number of ether oxygens (including phenoxy) is 1. The fourth-order valence-electron chi connectivity index (χ4n) is 3.73. The summed E-state index contributed by atoms with van der Waals surface area (Å²) in [6.45, 7) is 1.92. The van der Waals surface area contributed by atoms with E-state index in [4.69, 9.17) is 20.8 Å². The molecular formula is C23H29N7O2. The molecule has 2 heterocycles. The highest BCUT2D eigenvalue weighted by Crippen LogP contribution is 2.26. The standard InChI is InChI=1S/C23H29N7O2/c1-15-19(31-17-11-7-4-8-12-17)14-13-18(26-15)20(24)22(30(2)25)28-23-27-21(29-32-23)16-9-5-3-6-10-16/h3,5-6,9-10,13-14,17H,4,7-8,11-12,24-25H2,1-2H3,(H,27,28,29)/b22-20-. The minimum absolute atomic E-state index is 0.174. The highest BCUT2D eigenvalue weighted by Gasteiger charge is 2.18. The molecule has 1 aliphatic carbocycles. The molecule has 0 atom stereocenters. The quantitative estimate of drug-likeness (QED) is 0.376. The van der Waals surface area contributed by atoms with Crippen LogP contribution in [0.2, 0.25) is 0 Å². The van der Waals surface area contributed by atoms with Crippen LogP contribution in [0.5, 0.6) is 5.75 Å². The molecule has 0 bridgehead atoms. The van der Waals surface area contributed by atoms with Gasteiger partial charge in [0, 0.05) is 12.6 Å². The van der Waals surface area contributed by atoms with Crippen LogP contribution in [0.15, 0.2) is 52.8 Å². The first-order chi connectivity index (χ1) is 15.5. The maximum Gasteiger partial charge on any atom is 0.327 e. The van der Waals surface area contributed by atoms with Crippen molar-refractivity contribution >= 4 is 11.7 Å². The Morgan fingerprint density at radius 2 is 1.84 bits per heavy atom. The molecule has 168 valence electrons. The zero-order valence-electron chi connectivity index (χ0n) is 18.4. The predicted octanol–water partition coefficient (Wildman–Crippen LogP) is 3.65. The molecule has 0 unspecified atom stereocenters. The van der Waals surface area contributed by atoms with Crippen molar-refractivity contribution in [3.8, 4) is 17.1 Å². The number of hydrogen-bond acceptors (Lipinski definition) is 9. The Hall–Kier alpha value is -3.59. The summed E-state index contributed by atoms with van der Waals surface area (Å²) in [4.78, 5) is 9.01. The lowest BCUT2D eigenvalue weighted by molar-refractivity contribution is 0.153. The summed E-state index contributed by atoms with van der Waals surface area (Å²) >= 11 is 0. The van der Waals surface area contributed by atoms with Crippen LogP contribution in [-0.2, 0) is 0 Å². The summed E-state index contributed by atoms with van der Waals surface area (Å²) in [5, 5.41) is 8.37. The second-order valence-corrected chi connectivity index (χ2v) is 7.95. The van der Waals surface area contributed by atoms with Crippen LogP contribution in [0, 0.1) is 6.92 Å². The van der Waals surface area contributed by atoms with E-state index in [1.807, 2.05) is 49.4 Å². The molecule has 4 rings (SSSR count). The van der Waals surface area contributed by atoms with E-state index in [1.165, 1.54) is 24.3 Å². The number of aromatic nitrogens is 3. The average Bonchev–Trinajstić information content (AvgIpc) is 3.28. The molecule has 1 fully saturated rings. The van der Waals surface area contributed by atoms with Gasteiger partial charge in [0.15, 0.2) is 0 Å². The molecule has 9 nitrogen and oxygen atoms in total. The lowest BCUT2D eigenvalue weighted by Gasteiger charge is -2.24. The third-order valence-corrected chi connectivity index (χ3v) is 5.45. The summed E-state index contributed by atoms with van der Waals surface area (Å²) in [6, 6.07) is 13.5. The number of nitrogens with zero attached hydrogens (tertiary/aromatic N) is 4. The van der Waals surface area contributed by atoms with Crippen LogP contribution in [0.25, 0.3) is 17.1 Å². The Labute approximate surface area is 187 Å². The smallest absolute Gasteiger partial charge is 0.327 e. The number of pyridine rings is 1. The average molecular weight is 436 g/mol. The first-order valence-electron chi connectivity index (χ1n) is 10.8. The highest BCUT2D eigenvalue weighted by molar-refractivity contribution is 5.66. The monoisotopic (exact) mass is 435 g/mol. The van der Waals surface area contributed by atoms with Crippen LogP contribution in [0.3, 0.4) is 0 Å². The molecule has 0 saturated heterocycles. The fourth-order valence-corrected chi connectivity index (χ4v) is 3.73. The van der Waals surface area contributed by atoms with E-state index in [-0.39, 0.29) is 12.1 Å². The van der Waals surface area contributed by atoms with E-state index in [9.17, 15) is 0 Å². The number of nitrogens with two attached hydrogens (primary N) is 2. The molecule has 1 aliphatic rings. The SMILES string of the molecule is Cc1nc(/C(N)=C(\Nc2nc(-c3ccccc3)no2)N(C)N)ccc1OC1CCCCC1. The van der Waals surface area contributed by atoms with Crippen molar-refractivity contribution in [1.82, 2.24) is 20.1 Å². The van der Waals surface area contributed by atoms with Crippen molar-refractivity contribution in [2.45, 2.75) is 45.1 Å². The Bertz CT molecular complexity index is 1070. The first kappa shape index (κ1) is 21.6. The number of hydrogen-bond donors (Lipinski definition) is 3. The Kier molecular flexibility index (Phi) is 6.55. The molecule has 9 heteroatoms. The molecule has 2 aromatic heterocycles. The topological polar surface area (TPSA) is 128 Å². The Balaban J connectivity index is 1.54. The summed E-state index contributed by atoms with van der Waals surface area (Å²) in [5.41, 5.74) is 8.95. The summed E-state index contributed by atoms with van der Waals surface area (Å²) < 4.78 is 11.5. The van der Waals surface area contributed by atoms with Gasteiger partial charge in [-0.3, -0.25) is 10.3 Å². The van der Waals surface area contributed by atoms with Crippen molar-refractivity contribution < 1.29 is 9.26 Å². The van der Waals surface area contributed by atoms with Crippen LogP contribution in [-0.4, -0.2) is 33.3 Å². The summed E-state index contributed by atoms with van der Waals surface area (Å²) in [5.74, 6) is 7.66. The van der Waals surface area contributed by atoms with Crippen LogP contribution in [0.4, 0.5) is 6.01 Å². The molecule has 0 amide bonds. The summed E-state index contributed by atoms with van der Waals surface area (Å²) in [7, 11) is 1.66. The van der Waals surface area contributed by atoms with E-state index < -0.39 is 0 Å². The van der Waals surface area contributed by atoms with E-state index in [0.717, 1.165) is 29.8 Å². The third-order valence-electron chi connectivity index (χ3n) is 5.45. The maximum atomic E-state index is 6.41. The molecule has 1 saturated carbocycles. The molecule has 0 radical (unpaired) electrons. The van der Waals surface area contributed by atoms with Gasteiger partial charge in [0.1, 0.15) is 17.3 Å². The number of rotatable bonds is 7. The molecule has 5 N–H and O–H groups in total. The molecule has 32 heavy (non-hydrogen) atoms. The van der Waals surface area contributed by atoms with Gasteiger partial charge < -0.3 is 15.0 Å². The fraction of sp³-hybridized carbons (Fsp3) is 0.348. The minimum atomic E-state index is 0.174. The second kappa shape index (κ2) is 9.69. The number of aryl methyl sites for hydroxylation is 1. The molecule has 1 aromatic carbocycles. The van der Waals surface area contributed by atoms with Crippen LogP contribution >= 0.6 is 0 Å². The van der Waals surface area contributed by atoms with Crippen molar-refractivity contribution in [2.75, 3.05) is 12.4 Å². The highest BCUT2D eigenvalue weighted by atomic mass is 16.5. The van der Waals surface area contributed by atoms with E-state index >= 15 is 0 Å². The van der Waals surface area contributed by atoms with Gasteiger partial charge in [-0.15, -0.1) is 0 Å². The second-order valence-electron chi connectivity index (χ2n) is 7.95. The molecule has 3 aromatic rings. The van der Waals surface area contributed by atoms with Crippen LogP contribution < -0.4 is 21.6 Å². The summed E-state index contributed by atoms with van der Waals surface area (Å²) in [6.07, 6.45) is 6.14. The number of hydrazine groups is 1. The third kappa shape index (κ3) is 5.00. The van der Waals surface area contributed by atoms with Crippen molar-refractivity contribution in [3.05, 3.63) is 59.7 Å². The maximum absolute atomic E-state index is 6.41. The molecule has 0 aliphatic heterocycles. The molecular weight excluding hydrogens is 406 g/mol. The van der Waals surface area contributed by atoms with E-state index in [1.54, 1.807) is 7.05 Å². The Morgan fingerprint density at radius 1 is 1.09 bits per heavy atom. The van der Waals surface area contributed by atoms with Crippen molar-refractivity contribution in [2.24, 2.45) is 11.6 Å². The molecule has 0 spiro atoms. The lowest BCUT2D eigenvalue weighted by Crippen LogP contribution is -2.32. The first-order valence-corrected chi connectivity index (χ1v) is 10.8. The largest absolute Gasteiger partial charge is 0.489 e. The lowest BCUT2D eigenvalue weighted by atomic mass is 9.98. The van der Waals surface area contributed by atoms with Gasteiger partial charge >= 0.3 is 6.01 Å². The zero-order valence-corrected chi connectivity index (χ0v) is 18.4. The number of nitrogens with one attached hydrogen (secondary N) is 1. The predicted molar refractivity (Wildman–Crippen MR) is 123 cm³/mol. The van der Waals surface area contributed by atoms with Gasteiger partial charge in [-0.2, -0.15) is 4.98 Å². The minimum Gasteiger partial charge on any atom is -0.489 e. The van der Waals surface area contributed by atoms with E-state index in [0.29, 0.717) is 23.0 Å². The van der Waals surface area contributed by atoms with Gasteiger partial charge in [-0.25, -0.2) is 10.8 Å². The van der Waals surface area contributed by atoms with Crippen molar-refractivity contribution in [3.63, 3.8) is 0 Å². The van der Waals surface area contributed by atoms with Crippen molar-refractivity contribution in [1.29, 1.82) is 0 Å². The van der Waals surface area contributed by atoms with Gasteiger partial charge in [0.05, 0.1) is 17.5 Å². The van der Waals surface area contributed by atoms with Gasteiger partial charge in [0.25, 0.3) is 0 Å². The Morgan fingerprint density at radius 3 is 2.53 bits per heavy atom. The van der Waals surface area contributed by atoms with Gasteiger partial charge in [-0.1, -0.05) is 41.9 Å². The van der Waals surface area contributed by atoms with Crippen LogP contribution in [0.1, 0.15) is 43.5 Å². The number of benzene rings is 1. The van der Waals surface area contributed by atoms with Gasteiger partial charge in [-0.05, 0) is 44.7 Å². The zero-order chi connectivity index (χ0) is 22.5. The van der Waals surface area contributed by atoms with Gasteiger partial charge in [0.2, 0.25) is 5.82 Å². The van der Waals surface area contributed by atoms with E-state index in [2.05, 4.69) is 20.4 Å². The normalized spacial score (nSPS) is 15.2.